The largest absolute Gasteiger partial charge is 0.360 e. The number of nitrogens with zero attached hydrogens (tertiary/aromatic N) is 3. The smallest absolute Gasteiger partial charge is 0.262 e. The fourth-order valence-corrected chi connectivity index (χ4v) is 4.29. The lowest BCUT2D eigenvalue weighted by Crippen LogP contribution is -2.30. The molecule has 3 heterocycles. The number of para-hydroxylation sites is 2. The Hall–Kier alpha value is -3.58. The van der Waals surface area contributed by atoms with E-state index in [1.807, 2.05) is 36.4 Å². The van der Waals surface area contributed by atoms with Gasteiger partial charge in [-0.25, -0.2) is 9.37 Å². The third-order valence-corrected chi connectivity index (χ3v) is 5.76. The topological polar surface area (TPSA) is 61.9 Å². The summed E-state index contributed by atoms with van der Waals surface area (Å²) in [5.74, 6) is -0.600. The van der Waals surface area contributed by atoms with Gasteiger partial charge in [0.05, 0.1) is 16.8 Å². The number of anilines is 1. The highest BCUT2D eigenvalue weighted by Crippen LogP contribution is 2.32. The van der Waals surface area contributed by atoms with Crippen molar-refractivity contribution >= 4 is 43.5 Å². The Morgan fingerprint density at radius 2 is 2.00 bits per heavy atom. The van der Waals surface area contributed by atoms with Gasteiger partial charge in [0.2, 0.25) is 0 Å². The molecule has 0 aliphatic rings. The van der Waals surface area contributed by atoms with Crippen molar-refractivity contribution in [2.45, 2.75) is 6.54 Å². The quantitative estimate of drug-likeness (QED) is 0.452. The van der Waals surface area contributed by atoms with Crippen molar-refractivity contribution in [3.05, 3.63) is 90.1 Å². The first-order chi connectivity index (χ1) is 14.2. The molecule has 0 unspecified atom stereocenters. The average molecular weight is 402 g/mol. The van der Waals surface area contributed by atoms with Gasteiger partial charge in [-0.2, -0.15) is 0 Å². The lowest BCUT2D eigenvalue weighted by molar-refractivity contribution is 0.0986. The summed E-state index contributed by atoms with van der Waals surface area (Å²) in [5, 5.41) is 1.28. The second kappa shape index (κ2) is 7.10. The zero-order chi connectivity index (χ0) is 19.8. The minimum Gasteiger partial charge on any atom is -0.360 e. The van der Waals surface area contributed by atoms with Gasteiger partial charge in [-0.1, -0.05) is 41.7 Å². The molecule has 0 radical (unpaired) electrons. The number of rotatable bonds is 4. The number of nitrogens with one attached hydrogen (secondary N) is 1. The number of thiazole rings is 1. The van der Waals surface area contributed by atoms with Crippen molar-refractivity contribution < 1.29 is 9.18 Å². The van der Waals surface area contributed by atoms with E-state index in [2.05, 4.69) is 15.0 Å². The molecule has 29 heavy (non-hydrogen) atoms. The third-order valence-electron chi connectivity index (χ3n) is 4.72. The molecule has 2 aromatic carbocycles. The maximum atomic E-state index is 14.2. The molecule has 0 fully saturated rings. The van der Waals surface area contributed by atoms with Gasteiger partial charge in [0.25, 0.3) is 5.91 Å². The summed E-state index contributed by atoms with van der Waals surface area (Å²) in [6, 6.07) is 16.2. The number of carbonyl (C=O) groups excluding carboxylic acids is 1. The molecule has 0 spiro atoms. The standard InChI is InChI=1S/C22H15FN4OS/c23-17-7-3-9-19-20(17)26-22(29-19)27(13-14-5-4-10-24-11-14)21(28)16-12-25-18-8-2-1-6-15(16)18/h1-12,25H,13H2. The van der Waals surface area contributed by atoms with Crippen LogP contribution in [0.4, 0.5) is 9.52 Å². The second-order valence-corrected chi connectivity index (χ2v) is 7.59. The van der Waals surface area contributed by atoms with Crippen LogP contribution in [0.2, 0.25) is 0 Å². The Labute approximate surface area is 169 Å². The molecule has 5 rings (SSSR count). The van der Waals surface area contributed by atoms with Crippen molar-refractivity contribution in [1.29, 1.82) is 0 Å². The summed E-state index contributed by atoms with van der Waals surface area (Å²) >= 11 is 1.29. The number of halogens is 1. The molecular weight excluding hydrogens is 387 g/mol. The number of H-pyrrole nitrogens is 1. The van der Waals surface area contributed by atoms with Crippen LogP contribution in [0.15, 0.2) is 73.2 Å². The molecule has 1 N–H and O–H groups in total. The zero-order valence-corrected chi connectivity index (χ0v) is 16.0. The fraction of sp³-hybridized carbons (Fsp3) is 0.0455. The van der Waals surface area contributed by atoms with Crippen LogP contribution in [0.1, 0.15) is 15.9 Å². The number of aromatic nitrogens is 3. The molecule has 3 aromatic heterocycles. The van der Waals surface area contributed by atoms with Crippen molar-refractivity contribution in [3.63, 3.8) is 0 Å². The van der Waals surface area contributed by atoms with Gasteiger partial charge >= 0.3 is 0 Å². The Morgan fingerprint density at radius 1 is 1.10 bits per heavy atom. The molecule has 1 amide bonds. The van der Waals surface area contributed by atoms with Crippen LogP contribution in [0.25, 0.3) is 21.1 Å². The van der Waals surface area contributed by atoms with Gasteiger partial charge in [-0.05, 0) is 29.8 Å². The number of carbonyl (C=O) groups is 1. The van der Waals surface area contributed by atoms with Gasteiger partial charge in [0.15, 0.2) is 5.13 Å². The molecule has 7 heteroatoms. The highest BCUT2D eigenvalue weighted by atomic mass is 32.1. The SMILES string of the molecule is O=C(c1c[nH]c2ccccc12)N(Cc1cccnc1)c1nc2c(F)cccc2s1. The molecular formula is C22H15FN4OS. The Balaban J connectivity index is 1.63. The Bertz CT molecular complexity index is 1330. The van der Waals surface area contributed by atoms with Gasteiger partial charge in [0, 0.05) is 29.5 Å². The van der Waals surface area contributed by atoms with Crippen LogP contribution < -0.4 is 4.90 Å². The minimum atomic E-state index is -0.397. The first-order valence-corrected chi connectivity index (χ1v) is 9.84. The second-order valence-electron chi connectivity index (χ2n) is 6.58. The molecule has 0 saturated carbocycles. The highest BCUT2D eigenvalue weighted by Gasteiger charge is 2.24. The number of hydrogen-bond donors (Lipinski definition) is 1. The summed E-state index contributed by atoms with van der Waals surface area (Å²) in [6.07, 6.45) is 5.10. The van der Waals surface area contributed by atoms with Crippen LogP contribution in [0.3, 0.4) is 0 Å². The van der Waals surface area contributed by atoms with Crippen LogP contribution in [-0.4, -0.2) is 20.9 Å². The predicted octanol–water partition coefficient (Wildman–Crippen LogP) is 5.16. The molecule has 142 valence electrons. The van der Waals surface area contributed by atoms with E-state index in [1.54, 1.807) is 35.6 Å². The van der Waals surface area contributed by atoms with Crippen LogP contribution in [0, 0.1) is 5.82 Å². The number of benzene rings is 2. The van der Waals surface area contributed by atoms with Crippen molar-refractivity contribution in [2.24, 2.45) is 0 Å². The first kappa shape index (κ1) is 17.5. The molecule has 0 saturated heterocycles. The van der Waals surface area contributed by atoms with E-state index in [4.69, 9.17) is 0 Å². The summed E-state index contributed by atoms with van der Waals surface area (Å²) in [6.45, 7) is 0.285. The zero-order valence-electron chi connectivity index (χ0n) is 15.2. The molecule has 0 aliphatic carbocycles. The van der Waals surface area contributed by atoms with E-state index < -0.39 is 5.82 Å². The van der Waals surface area contributed by atoms with E-state index in [0.717, 1.165) is 16.5 Å². The molecule has 5 nitrogen and oxygen atoms in total. The Kier molecular flexibility index (Phi) is 4.29. The van der Waals surface area contributed by atoms with Gasteiger partial charge in [0.1, 0.15) is 11.3 Å². The van der Waals surface area contributed by atoms with E-state index in [-0.39, 0.29) is 18.0 Å². The summed E-state index contributed by atoms with van der Waals surface area (Å²) in [5.41, 5.74) is 2.56. The molecule has 5 aromatic rings. The van der Waals surface area contributed by atoms with Crippen molar-refractivity contribution in [2.75, 3.05) is 4.90 Å². The number of aromatic amines is 1. The Morgan fingerprint density at radius 3 is 2.83 bits per heavy atom. The van der Waals surface area contributed by atoms with Crippen LogP contribution in [0.5, 0.6) is 0 Å². The van der Waals surface area contributed by atoms with E-state index in [1.165, 1.54) is 17.4 Å². The average Bonchev–Trinajstić information content (AvgIpc) is 3.37. The normalized spacial score (nSPS) is 11.2. The van der Waals surface area contributed by atoms with Crippen molar-refractivity contribution in [1.82, 2.24) is 15.0 Å². The monoisotopic (exact) mass is 402 g/mol. The molecule has 0 aliphatic heterocycles. The number of amides is 1. The van der Waals surface area contributed by atoms with E-state index in [9.17, 15) is 9.18 Å². The van der Waals surface area contributed by atoms with Gasteiger partial charge in [-0.3, -0.25) is 14.7 Å². The maximum Gasteiger partial charge on any atom is 0.262 e. The lowest BCUT2D eigenvalue weighted by atomic mass is 10.1. The molecule has 0 atom stereocenters. The summed E-state index contributed by atoms with van der Waals surface area (Å²) in [7, 11) is 0. The van der Waals surface area contributed by atoms with E-state index in [0.29, 0.717) is 15.4 Å². The fourth-order valence-electron chi connectivity index (χ4n) is 3.31. The number of pyridine rings is 1. The number of fused-ring (bicyclic) bond motifs is 2. The van der Waals surface area contributed by atoms with E-state index >= 15 is 0 Å². The first-order valence-electron chi connectivity index (χ1n) is 9.02. The van der Waals surface area contributed by atoms with Crippen LogP contribution in [-0.2, 0) is 6.54 Å². The van der Waals surface area contributed by atoms with Crippen LogP contribution >= 0.6 is 11.3 Å². The predicted molar refractivity (Wildman–Crippen MR) is 113 cm³/mol. The van der Waals surface area contributed by atoms with Gasteiger partial charge < -0.3 is 4.98 Å². The minimum absolute atomic E-state index is 0.203. The maximum absolute atomic E-state index is 14.2. The summed E-state index contributed by atoms with van der Waals surface area (Å²) in [4.78, 5) is 26.8. The lowest BCUT2D eigenvalue weighted by Gasteiger charge is -2.19. The summed E-state index contributed by atoms with van der Waals surface area (Å²) < 4.78 is 14.9. The highest BCUT2D eigenvalue weighted by molar-refractivity contribution is 7.22. The molecule has 0 bridgehead atoms. The number of hydrogen-bond acceptors (Lipinski definition) is 4. The van der Waals surface area contributed by atoms with Gasteiger partial charge in [-0.15, -0.1) is 0 Å². The third kappa shape index (κ3) is 3.15. The van der Waals surface area contributed by atoms with Crippen molar-refractivity contribution in [3.8, 4) is 0 Å².